The predicted molar refractivity (Wildman–Crippen MR) is 91.0 cm³/mol. The number of carbonyl (C=O) groups excluding carboxylic acids is 1. The molecule has 1 amide bonds. The molecule has 3 N–H and O–H groups in total. The molecule has 23 heavy (non-hydrogen) atoms. The van der Waals surface area contributed by atoms with Crippen LogP contribution in [-0.4, -0.2) is 38.3 Å². The number of amides is 1. The van der Waals surface area contributed by atoms with Gasteiger partial charge in [-0.05, 0) is 25.0 Å². The Morgan fingerprint density at radius 3 is 2.61 bits per heavy atom. The maximum Gasteiger partial charge on any atom is 0.252 e. The summed E-state index contributed by atoms with van der Waals surface area (Å²) in [5.74, 6) is 1.55. The van der Waals surface area contributed by atoms with Crippen LogP contribution in [0.15, 0.2) is 12.1 Å². The van der Waals surface area contributed by atoms with Gasteiger partial charge in [0.05, 0.1) is 12.6 Å². The number of methoxy groups -OCH3 is 1. The summed E-state index contributed by atoms with van der Waals surface area (Å²) in [6, 6.07) is 3.32. The number of benzene rings is 1. The molecule has 7 heteroatoms. The first-order valence-corrected chi connectivity index (χ1v) is 7.41. The Labute approximate surface area is 143 Å². The van der Waals surface area contributed by atoms with Gasteiger partial charge < -0.3 is 25.3 Å². The van der Waals surface area contributed by atoms with Crippen LogP contribution in [-0.2, 0) is 0 Å². The van der Waals surface area contributed by atoms with E-state index in [1.54, 1.807) is 12.1 Å². The zero-order valence-corrected chi connectivity index (χ0v) is 14.8. The summed E-state index contributed by atoms with van der Waals surface area (Å²) in [6.45, 7) is 7.26. The van der Waals surface area contributed by atoms with Crippen LogP contribution in [0.3, 0.4) is 0 Å². The van der Waals surface area contributed by atoms with Gasteiger partial charge in [-0.2, -0.15) is 0 Å². The minimum atomic E-state index is -0.475. The highest BCUT2D eigenvalue weighted by molar-refractivity contribution is 5.96. The van der Waals surface area contributed by atoms with Gasteiger partial charge >= 0.3 is 0 Å². The van der Waals surface area contributed by atoms with Crippen LogP contribution in [0.4, 0.5) is 0 Å². The molecule has 1 atom stereocenters. The first-order chi connectivity index (χ1) is 10.4. The zero-order chi connectivity index (χ0) is 16.3. The Morgan fingerprint density at radius 2 is 2.04 bits per heavy atom. The van der Waals surface area contributed by atoms with Crippen molar-refractivity contribution in [3.05, 3.63) is 17.7 Å². The summed E-state index contributed by atoms with van der Waals surface area (Å²) in [5.41, 5.74) is 5.80. The maximum atomic E-state index is 12.6. The van der Waals surface area contributed by atoms with Gasteiger partial charge in [-0.15, -0.1) is 12.4 Å². The molecule has 0 fully saturated rings. The monoisotopic (exact) mass is 344 g/mol. The first kappa shape index (κ1) is 19.4. The fraction of sp³-hybridized carbons (Fsp3) is 0.562. The van der Waals surface area contributed by atoms with Crippen LogP contribution in [0.2, 0.25) is 0 Å². The van der Waals surface area contributed by atoms with Crippen molar-refractivity contribution in [2.45, 2.75) is 26.3 Å². The highest BCUT2D eigenvalue weighted by atomic mass is 35.5. The van der Waals surface area contributed by atoms with Gasteiger partial charge in [0.1, 0.15) is 13.2 Å². The van der Waals surface area contributed by atoms with Gasteiger partial charge in [-0.1, -0.05) is 13.8 Å². The number of hydrogen-bond acceptors (Lipinski definition) is 5. The van der Waals surface area contributed by atoms with E-state index in [4.69, 9.17) is 19.9 Å². The van der Waals surface area contributed by atoms with Gasteiger partial charge in [-0.3, -0.25) is 4.79 Å². The topological polar surface area (TPSA) is 82.8 Å². The number of hydrogen-bond donors (Lipinski definition) is 2. The van der Waals surface area contributed by atoms with E-state index in [9.17, 15) is 4.79 Å². The fourth-order valence-electron chi connectivity index (χ4n) is 2.17. The maximum absolute atomic E-state index is 12.6. The summed E-state index contributed by atoms with van der Waals surface area (Å²) in [7, 11) is 1.54. The van der Waals surface area contributed by atoms with Gasteiger partial charge in [0.2, 0.25) is 5.75 Å². The van der Waals surface area contributed by atoms with Crippen LogP contribution >= 0.6 is 12.4 Å². The van der Waals surface area contributed by atoms with Crippen molar-refractivity contribution in [1.29, 1.82) is 0 Å². The lowest BCUT2D eigenvalue weighted by atomic mass is 9.88. The molecule has 2 rings (SSSR count). The molecule has 0 aliphatic carbocycles. The minimum absolute atomic E-state index is 0. The molecule has 6 nitrogen and oxygen atoms in total. The standard InChI is InChI=1S/C16H24N2O4.ClH/c1-10(2)16(3,9-17)18-15(19)11-7-12(20-4)14-13(8-11)21-5-6-22-14;/h7-8,10H,5-6,9,17H2,1-4H3,(H,18,19);1H. The molecule has 0 saturated heterocycles. The van der Waals surface area contributed by atoms with Crippen LogP contribution in [0.5, 0.6) is 17.2 Å². The molecule has 0 radical (unpaired) electrons. The average Bonchev–Trinajstić information content (AvgIpc) is 2.53. The van der Waals surface area contributed by atoms with Crippen LogP contribution in [0.25, 0.3) is 0 Å². The molecule has 1 aromatic rings. The van der Waals surface area contributed by atoms with E-state index in [2.05, 4.69) is 5.32 Å². The highest BCUT2D eigenvalue weighted by Crippen LogP contribution is 2.40. The second-order valence-electron chi connectivity index (χ2n) is 5.93. The van der Waals surface area contributed by atoms with E-state index in [-0.39, 0.29) is 24.2 Å². The molecule has 0 aromatic heterocycles. The molecular formula is C16H25ClN2O4. The summed E-state index contributed by atoms with van der Waals surface area (Å²) in [5, 5.41) is 3.00. The molecule has 130 valence electrons. The van der Waals surface area contributed by atoms with E-state index >= 15 is 0 Å². The fourth-order valence-corrected chi connectivity index (χ4v) is 2.17. The number of ether oxygens (including phenoxy) is 3. The number of fused-ring (bicyclic) bond motifs is 1. The van der Waals surface area contributed by atoms with Crippen molar-refractivity contribution in [3.8, 4) is 17.2 Å². The normalized spacial score (nSPS) is 15.4. The van der Waals surface area contributed by atoms with E-state index in [1.165, 1.54) is 7.11 Å². The Bertz CT molecular complexity index is 548. The highest BCUT2D eigenvalue weighted by Gasteiger charge is 2.30. The Morgan fingerprint density at radius 1 is 1.39 bits per heavy atom. The molecule has 1 unspecified atom stereocenters. The van der Waals surface area contributed by atoms with Crippen molar-refractivity contribution >= 4 is 18.3 Å². The number of rotatable bonds is 5. The second kappa shape index (κ2) is 7.75. The van der Waals surface area contributed by atoms with Crippen molar-refractivity contribution in [2.75, 3.05) is 26.9 Å². The smallest absolute Gasteiger partial charge is 0.252 e. The summed E-state index contributed by atoms with van der Waals surface area (Å²) < 4.78 is 16.4. The number of nitrogens with one attached hydrogen (secondary N) is 1. The molecule has 1 aromatic carbocycles. The molecule has 1 aliphatic rings. The van der Waals surface area contributed by atoms with E-state index < -0.39 is 5.54 Å². The lowest BCUT2D eigenvalue weighted by Crippen LogP contribution is -2.55. The van der Waals surface area contributed by atoms with E-state index in [0.29, 0.717) is 42.6 Å². The molecule has 1 aliphatic heterocycles. The van der Waals surface area contributed by atoms with Crippen LogP contribution < -0.4 is 25.3 Å². The van der Waals surface area contributed by atoms with E-state index in [1.807, 2.05) is 20.8 Å². The van der Waals surface area contributed by atoms with Crippen LogP contribution in [0, 0.1) is 5.92 Å². The Balaban J connectivity index is 0.00000264. The van der Waals surface area contributed by atoms with Crippen LogP contribution in [0.1, 0.15) is 31.1 Å². The summed E-state index contributed by atoms with van der Waals surface area (Å²) >= 11 is 0. The van der Waals surface area contributed by atoms with Crippen molar-refractivity contribution in [2.24, 2.45) is 11.7 Å². The third-order valence-electron chi connectivity index (χ3n) is 4.19. The zero-order valence-electron chi connectivity index (χ0n) is 14.0. The predicted octanol–water partition coefficient (Wildman–Crippen LogP) is 1.99. The van der Waals surface area contributed by atoms with Gasteiger partial charge in [-0.25, -0.2) is 0 Å². The molecule has 0 saturated carbocycles. The molecule has 0 spiro atoms. The van der Waals surface area contributed by atoms with Gasteiger partial charge in [0, 0.05) is 12.1 Å². The Kier molecular flexibility index (Phi) is 6.53. The summed E-state index contributed by atoms with van der Waals surface area (Å²) in [4.78, 5) is 12.6. The Hall–Kier alpha value is -1.66. The third-order valence-corrected chi connectivity index (χ3v) is 4.19. The molecular weight excluding hydrogens is 320 g/mol. The number of halogens is 1. The van der Waals surface area contributed by atoms with Gasteiger partial charge in [0.15, 0.2) is 11.5 Å². The quantitative estimate of drug-likeness (QED) is 0.853. The second-order valence-corrected chi connectivity index (χ2v) is 5.93. The first-order valence-electron chi connectivity index (χ1n) is 7.41. The van der Waals surface area contributed by atoms with Crippen molar-refractivity contribution < 1.29 is 19.0 Å². The number of carbonyl (C=O) groups is 1. The van der Waals surface area contributed by atoms with Crippen molar-refractivity contribution in [1.82, 2.24) is 5.32 Å². The molecule has 0 bridgehead atoms. The van der Waals surface area contributed by atoms with E-state index in [0.717, 1.165) is 0 Å². The SMILES string of the molecule is COc1cc(C(=O)NC(C)(CN)C(C)C)cc2c1OCCO2.Cl. The van der Waals surface area contributed by atoms with Gasteiger partial charge in [0.25, 0.3) is 5.91 Å². The minimum Gasteiger partial charge on any atom is -0.493 e. The average molecular weight is 345 g/mol. The largest absolute Gasteiger partial charge is 0.493 e. The molecule has 1 heterocycles. The summed E-state index contributed by atoms with van der Waals surface area (Å²) in [6.07, 6.45) is 0. The van der Waals surface area contributed by atoms with Crippen molar-refractivity contribution in [3.63, 3.8) is 0 Å². The lowest BCUT2D eigenvalue weighted by molar-refractivity contribution is 0.0881. The lowest BCUT2D eigenvalue weighted by Gasteiger charge is -2.33. The number of nitrogens with two attached hydrogens (primary N) is 1. The third kappa shape index (κ3) is 4.00.